The minimum atomic E-state index is -0.345. The fraction of sp³-hybridized carbons (Fsp3) is 0.333. The van der Waals surface area contributed by atoms with Crippen molar-refractivity contribution in [2.24, 2.45) is 0 Å². The van der Waals surface area contributed by atoms with Gasteiger partial charge in [0.1, 0.15) is 0 Å². The molecule has 78 valence electrons. The molecule has 0 amide bonds. The molecule has 3 heteroatoms. The zero-order valence-electron chi connectivity index (χ0n) is 8.91. The van der Waals surface area contributed by atoms with E-state index >= 15 is 0 Å². The molecule has 0 fully saturated rings. The number of benzene rings is 1. The standard InChI is InChI=1S/C12H13NO2/c1-9-5-6-11(12(14)15-2)10(8-9)4-3-7-13/h5-6,8H,3-4H2,1-2H3. The Morgan fingerprint density at radius 3 is 2.87 bits per heavy atom. The van der Waals surface area contributed by atoms with E-state index < -0.39 is 0 Å². The van der Waals surface area contributed by atoms with Gasteiger partial charge in [0.2, 0.25) is 0 Å². The van der Waals surface area contributed by atoms with Crippen molar-refractivity contribution in [3.8, 4) is 6.07 Å². The molecule has 0 radical (unpaired) electrons. The Bertz CT molecular complexity index is 405. The summed E-state index contributed by atoms with van der Waals surface area (Å²) >= 11 is 0. The molecule has 0 heterocycles. The minimum absolute atomic E-state index is 0.345. The lowest BCUT2D eigenvalue weighted by atomic mass is 10.0. The molecule has 1 aromatic carbocycles. The zero-order chi connectivity index (χ0) is 11.3. The quantitative estimate of drug-likeness (QED) is 0.708. The maximum atomic E-state index is 11.4. The summed E-state index contributed by atoms with van der Waals surface area (Å²) < 4.78 is 4.67. The number of nitrogens with zero attached hydrogens (tertiary/aromatic N) is 1. The van der Waals surface area contributed by atoms with Crippen LogP contribution in [0.4, 0.5) is 0 Å². The van der Waals surface area contributed by atoms with Gasteiger partial charge < -0.3 is 4.74 Å². The predicted molar refractivity (Wildman–Crippen MR) is 56.5 cm³/mol. The van der Waals surface area contributed by atoms with Crippen LogP contribution in [-0.4, -0.2) is 13.1 Å². The summed E-state index contributed by atoms with van der Waals surface area (Å²) in [5.41, 5.74) is 2.51. The third kappa shape index (κ3) is 2.81. The first-order valence-corrected chi connectivity index (χ1v) is 4.74. The second-order valence-electron chi connectivity index (χ2n) is 3.31. The van der Waals surface area contributed by atoms with Crippen molar-refractivity contribution in [2.75, 3.05) is 7.11 Å². The van der Waals surface area contributed by atoms with Crippen LogP contribution >= 0.6 is 0 Å². The van der Waals surface area contributed by atoms with E-state index in [2.05, 4.69) is 10.8 Å². The lowest BCUT2D eigenvalue weighted by molar-refractivity contribution is 0.0599. The third-order valence-corrected chi connectivity index (χ3v) is 2.17. The Morgan fingerprint density at radius 2 is 2.27 bits per heavy atom. The second-order valence-corrected chi connectivity index (χ2v) is 3.31. The molecule has 0 saturated carbocycles. The van der Waals surface area contributed by atoms with Gasteiger partial charge in [-0.1, -0.05) is 17.7 Å². The lowest BCUT2D eigenvalue weighted by Gasteiger charge is -2.07. The van der Waals surface area contributed by atoms with Gasteiger partial charge in [-0.2, -0.15) is 5.26 Å². The van der Waals surface area contributed by atoms with E-state index in [1.54, 1.807) is 6.07 Å². The van der Waals surface area contributed by atoms with Crippen LogP contribution in [0.2, 0.25) is 0 Å². The van der Waals surface area contributed by atoms with Crippen LogP contribution in [0.3, 0.4) is 0 Å². The highest BCUT2D eigenvalue weighted by Gasteiger charge is 2.10. The molecular formula is C12H13NO2. The van der Waals surface area contributed by atoms with Crippen molar-refractivity contribution in [2.45, 2.75) is 19.8 Å². The van der Waals surface area contributed by atoms with E-state index in [9.17, 15) is 4.79 Å². The molecule has 0 atom stereocenters. The number of ether oxygens (including phenoxy) is 1. The highest BCUT2D eigenvalue weighted by molar-refractivity contribution is 5.91. The van der Waals surface area contributed by atoms with E-state index in [0.29, 0.717) is 18.4 Å². The Hall–Kier alpha value is -1.82. The maximum absolute atomic E-state index is 11.4. The molecule has 1 aromatic rings. The van der Waals surface area contributed by atoms with Gasteiger partial charge in [0, 0.05) is 6.42 Å². The number of rotatable bonds is 3. The summed E-state index contributed by atoms with van der Waals surface area (Å²) in [7, 11) is 1.36. The maximum Gasteiger partial charge on any atom is 0.338 e. The summed E-state index contributed by atoms with van der Waals surface area (Å²) in [4.78, 5) is 11.4. The molecule has 0 aliphatic heterocycles. The summed E-state index contributed by atoms with van der Waals surface area (Å²) in [5.74, 6) is -0.345. The van der Waals surface area contributed by atoms with Crippen LogP contribution in [0.25, 0.3) is 0 Å². The fourth-order valence-electron chi connectivity index (χ4n) is 1.43. The average molecular weight is 203 g/mol. The smallest absolute Gasteiger partial charge is 0.338 e. The topological polar surface area (TPSA) is 50.1 Å². The molecule has 15 heavy (non-hydrogen) atoms. The summed E-state index contributed by atoms with van der Waals surface area (Å²) in [5, 5.41) is 8.52. The normalized spacial score (nSPS) is 9.40. The summed E-state index contributed by atoms with van der Waals surface area (Å²) in [6.45, 7) is 1.96. The molecule has 0 aromatic heterocycles. The molecule has 0 aliphatic carbocycles. The van der Waals surface area contributed by atoms with Gasteiger partial charge in [-0.15, -0.1) is 0 Å². The number of carbonyl (C=O) groups excluding carboxylic acids is 1. The van der Waals surface area contributed by atoms with Gasteiger partial charge in [0.25, 0.3) is 0 Å². The van der Waals surface area contributed by atoms with E-state index in [1.165, 1.54) is 7.11 Å². The number of aryl methyl sites for hydroxylation is 2. The van der Waals surface area contributed by atoms with Crippen LogP contribution in [0.5, 0.6) is 0 Å². The van der Waals surface area contributed by atoms with E-state index in [1.807, 2.05) is 19.1 Å². The molecule has 1 rings (SSSR count). The van der Waals surface area contributed by atoms with Gasteiger partial charge >= 0.3 is 5.97 Å². The first-order chi connectivity index (χ1) is 7.19. The van der Waals surface area contributed by atoms with Crippen molar-refractivity contribution in [3.63, 3.8) is 0 Å². The van der Waals surface area contributed by atoms with Crippen molar-refractivity contribution in [1.29, 1.82) is 5.26 Å². The van der Waals surface area contributed by atoms with Crippen LogP contribution in [-0.2, 0) is 11.2 Å². The SMILES string of the molecule is COC(=O)c1ccc(C)cc1CCC#N. The van der Waals surface area contributed by atoms with Crippen LogP contribution < -0.4 is 0 Å². The van der Waals surface area contributed by atoms with E-state index in [4.69, 9.17) is 5.26 Å². The van der Waals surface area contributed by atoms with Crippen LogP contribution in [0, 0.1) is 18.3 Å². The molecule has 0 spiro atoms. The fourth-order valence-corrected chi connectivity index (χ4v) is 1.43. The van der Waals surface area contributed by atoms with Crippen LogP contribution in [0.15, 0.2) is 18.2 Å². The van der Waals surface area contributed by atoms with E-state index in [0.717, 1.165) is 11.1 Å². The highest BCUT2D eigenvalue weighted by Crippen LogP contribution is 2.14. The first kappa shape index (κ1) is 11.3. The number of hydrogen-bond acceptors (Lipinski definition) is 3. The monoisotopic (exact) mass is 203 g/mol. The predicted octanol–water partition coefficient (Wildman–Crippen LogP) is 2.24. The number of esters is 1. The Balaban J connectivity index is 3.04. The second kappa shape index (κ2) is 5.16. The van der Waals surface area contributed by atoms with Gasteiger partial charge in [0.05, 0.1) is 18.7 Å². The van der Waals surface area contributed by atoms with Crippen LogP contribution in [0.1, 0.15) is 27.9 Å². The van der Waals surface area contributed by atoms with Crippen molar-refractivity contribution >= 4 is 5.97 Å². The summed E-state index contributed by atoms with van der Waals surface area (Å²) in [6.07, 6.45) is 0.996. The van der Waals surface area contributed by atoms with Crippen molar-refractivity contribution < 1.29 is 9.53 Å². The summed E-state index contributed by atoms with van der Waals surface area (Å²) in [6, 6.07) is 7.60. The Kier molecular flexibility index (Phi) is 3.87. The number of hydrogen-bond donors (Lipinski definition) is 0. The molecular weight excluding hydrogens is 190 g/mol. The highest BCUT2D eigenvalue weighted by atomic mass is 16.5. The van der Waals surface area contributed by atoms with Gasteiger partial charge in [-0.3, -0.25) is 0 Å². The largest absolute Gasteiger partial charge is 0.465 e. The van der Waals surface area contributed by atoms with Crippen molar-refractivity contribution in [1.82, 2.24) is 0 Å². The number of methoxy groups -OCH3 is 1. The van der Waals surface area contributed by atoms with Crippen molar-refractivity contribution in [3.05, 3.63) is 34.9 Å². The van der Waals surface area contributed by atoms with E-state index in [-0.39, 0.29) is 5.97 Å². The Labute approximate surface area is 89.3 Å². The molecule has 0 aliphatic rings. The Morgan fingerprint density at radius 1 is 1.53 bits per heavy atom. The lowest BCUT2D eigenvalue weighted by Crippen LogP contribution is -2.06. The molecule has 0 N–H and O–H groups in total. The van der Waals surface area contributed by atoms with Gasteiger partial charge in [-0.05, 0) is 25.0 Å². The molecule has 3 nitrogen and oxygen atoms in total. The third-order valence-electron chi connectivity index (χ3n) is 2.17. The number of nitriles is 1. The first-order valence-electron chi connectivity index (χ1n) is 4.74. The molecule has 0 bridgehead atoms. The van der Waals surface area contributed by atoms with Gasteiger partial charge in [-0.25, -0.2) is 4.79 Å². The minimum Gasteiger partial charge on any atom is -0.465 e. The zero-order valence-corrected chi connectivity index (χ0v) is 8.91. The van der Waals surface area contributed by atoms with Gasteiger partial charge in [0.15, 0.2) is 0 Å². The number of carbonyl (C=O) groups is 1. The molecule has 0 unspecified atom stereocenters. The molecule has 0 saturated heterocycles. The average Bonchev–Trinajstić information content (AvgIpc) is 2.25.